The first-order valence-corrected chi connectivity index (χ1v) is 7.67. The Balaban J connectivity index is 1.75. The van der Waals surface area contributed by atoms with Crippen LogP contribution in [-0.2, 0) is 15.1 Å². The fraction of sp³-hybridized carbons (Fsp3) is 0.471. The van der Waals surface area contributed by atoms with Gasteiger partial charge < -0.3 is 14.9 Å². The molecule has 6 heteroatoms. The Hall–Kier alpha value is -2.55. The summed E-state index contributed by atoms with van der Waals surface area (Å²) in [5.41, 5.74) is 2.50. The van der Waals surface area contributed by atoms with Crippen molar-refractivity contribution in [1.29, 1.82) is 0 Å². The zero-order valence-corrected chi connectivity index (χ0v) is 13.3. The normalized spacial score (nSPS) is 21.5. The first-order chi connectivity index (χ1) is 10.9. The SMILES string of the molecule is [C-]#[N+]C1(c2ccc(N3CC(CNC(C)=O)OC3=O)cc2C)CC1. The fourth-order valence-corrected chi connectivity index (χ4v) is 2.99. The molecule has 2 fully saturated rings. The highest BCUT2D eigenvalue weighted by Crippen LogP contribution is 2.51. The highest BCUT2D eigenvalue weighted by molar-refractivity contribution is 5.90. The minimum atomic E-state index is -0.404. The standard InChI is InChI=1S/C17H19N3O3/c1-11-8-13(4-5-15(11)17(18-3)6-7-17)20-10-14(23-16(20)22)9-19-12(2)21/h4-5,8,14H,6-7,9-10H2,1-2H3,(H,19,21). The molecule has 120 valence electrons. The highest BCUT2D eigenvalue weighted by Gasteiger charge is 2.53. The van der Waals surface area contributed by atoms with Crippen LogP contribution in [0.3, 0.4) is 0 Å². The molecule has 1 saturated carbocycles. The molecular weight excluding hydrogens is 294 g/mol. The smallest absolute Gasteiger partial charge is 0.414 e. The molecule has 1 atom stereocenters. The number of hydrogen-bond donors (Lipinski definition) is 1. The van der Waals surface area contributed by atoms with E-state index in [1.807, 2.05) is 25.1 Å². The predicted octanol–water partition coefficient (Wildman–Crippen LogP) is 2.36. The van der Waals surface area contributed by atoms with Gasteiger partial charge in [-0.2, -0.15) is 0 Å². The van der Waals surface area contributed by atoms with Gasteiger partial charge in [-0.3, -0.25) is 9.69 Å². The van der Waals surface area contributed by atoms with Crippen molar-refractivity contribution in [2.24, 2.45) is 0 Å². The fourth-order valence-electron chi connectivity index (χ4n) is 2.99. The molecule has 1 heterocycles. The first kappa shape index (κ1) is 15.3. The van der Waals surface area contributed by atoms with E-state index in [-0.39, 0.29) is 17.6 Å². The number of anilines is 1. The van der Waals surface area contributed by atoms with Crippen LogP contribution in [-0.4, -0.2) is 31.2 Å². The lowest BCUT2D eigenvalue weighted by Gasteiger charge is -2.16. The van der Waals surface area contributed by atoms with Gasteiger partial charge in [0.1, 0.15) is 6.10 Å². The van der Waals surface area contributed by atoms with Gasteiger partial charge in [0.15, 0.2) is 0 Å². The van der Waals surface area contributed by atoms with Crippen molar-refractivity contribution < 1.29 is 14.3 Å². The molecule has 1 aliphatic carbocycles. The number of amides is 2. The minimum absolute atomic E-state index is 0.145. The third-order valence-corrected chi connectivity index (χ3v) is 4.41. The van der Waals surface area contributed by atoms with E-state index in [0.29, 0.717) is 13.1 Å². The van der Waals surface area contributed by atoms with Gasteiger partial charge in [0.2, 0.25) is 5.91 Å². The van der Waals surface area contributed by atoms with Crippen LogP contribution < -0.4 is 10.2 Å². The summed E-state index contributed by atoms with van der Waals surface area (Å²) >= 11 is 0. The van der Waals surface area contributed by atoms with E-state index in [0.717, 1.165) is 29.7 Å². The van der Waals surface area contributed by atoms with Gasteiger partial charge in [-0.1, -0.05) is 0 Å². The van der Waals surface area contributed by atoms with Gasteiger partial charge in [-0.15, -0.1) is 0 Å². The maximum Gasteiger partial charge on any atom is 0.414 e. The molecule has 0 aromatic heterocycles. The summed E-state index contributed by atoms with van der Waals surface area (Å²) in [6.07, 6.45) is 1.06. The summed E-state index contributed by atoms with van der Waals surface area (Å²) in [4.78, 5) is 28.3. The zero-order chi connectivity index (χ0) is 16.6. The Morgan fingerprint density at radius 3 is 2.83 bits per heavy atom. The number of ether oxygens (including phenoxy) is 1. The monoisotopic (exact) mass is 313 g/mol. The van der Waals surface area contributed by atoms with Gasteiger partial charge in [-0.05, 0) is 30.7 Å². The second-order valence-electron chi connectivity index (χ2n) is 6.20. The largest absolute Gasteiger partial charge is 0.442 e. The van der Waals surface area contributed by atoms with Gasteiger partial charge in [0.05, 0.1) is 13.1 Å². The molecule has 1 aromatic rings. The van der Waals surface area contributed by atoms with E-state index >= 15 is 0 Å². The third-order valence-electron chi connectivity index (χ3n) is 4.41. The maximum atomic E-state index is 12.0. The number of rotatable bonds is 4. The van der Waals surface area contributed by atoms with Crippen LogP contribution in [0.5, 0.6) is 0 Å². The Morgan fingerprint density at radius 2 is 2.26 bits per heavy atom. The molecule has 2 aliphatic rings. The average molecular weight is 313 g/mol. The topological polar surface area (TPSA) is 63.0 Å². The zero-order valence-electron chi connectivity index (χ0n) is 13.3. The van der Waals surface area contributed by atoms with E-state index in [1.165, 1.54) is 6.92 Å². The molecule has 1 aliphatic heterocycles. The molecular formula is C17H19N3O3. The number of benzene rings is 1. The molecule has 0 bridgehead atoms. The quantitative estimate of drug-likeness (QED) is 0.868. The number of nitrogens with one attached hydrogen (secondary N) is 1. The predicted molar refractivity (Wildman–Crippen MR) is 85.0 cm³/mol. The van der Waals surface area contributed by atoms with Crippen molar-refractivity contribution in [2.75, 3.05) is 18.0 Å². The van der Waals surface area contributed by atoms with E-state index < -0.39 is 6.09 Å². The summed E-state index contributed by atoms with van der Waals surface area (Å²) < 4.78 is 5.27. The van der Waals surface area contributed by atoms with Crippen molar-refractivity contribution in [1.82, 2.24) is 5.32 Å². The Morgan fingerprint density at radius 1 is 1.52 bits per heavy atom. The van der Waals surface area contributed by atoms with Crippen molar-refractivity contribution in [2.45, 2.75) is 38.3 Å². The van der Waals surface area contributed by atoms with Crippen LogP contribution in [0.4, 0.5) is 10.5 Å². The lowest BCUT2D eigenvalue weighted by molar-refractivity contribution is -0.119. The summed E-state index contributed by atoms with van der Waals surface area (Å²) in [5, 5.41) is 2.66. The van der Waals surface area contributed by atoms with Crippen molar-refractivity contribution >= 4 is 17.7 Å². The van der Waals surface area contributed by atoms with Gasteiger partial charge in [-0.25, -0.2) is 11.4 Å². The van der Waals surface area contributed by atoms with Crippen molar-refractivity contribution in [3.05, 3.63) is 40.7 Å². The Kier molecular flexibility index (Phi) is 3.72. The second kappa shape index (κ2) is 5.58. The summed E-state index contributed by atoms with van der Waals surface area (Å²) in [7, 11) is 0. The highest BCUT2D eigenvalue weighted by atomic mass is 16.6. The minimum Gasteiger partial charge on any atom is -0.442 e. The molecule has 23 heavy (non-hydrogen) atoms. The molecule has 3 rings (SSSR count). The third kappa shape index (κ3) is 2.87. The Labute approximate surface area is 135 Å². The van der Waals surface area contributed by atoms with Crippen LogP contribution in [0.1, 0.15) is 30.9 Å². The van der Waals surface area contributed by atoms with Crippen LogP contribution in [0, 0.1) is 13.5 Å². The number of carbonyl (C=O) groups excluding carboxylic acids is 2. The molecule has 0 spiro atoms. The van der Waals surface area contributed by atoms with Gasteiger partial charge >= 0.3 is 6.09 Å². The van der Waals surface area contributed by atoms with E-state index in [4.69, 9.17) is 11.3 Å². The molecule has 1 N–H and O–H groups in total. The van der Waals surface area contributed by atoms with E-state index in [9.17, 15) is 9.59 Å². The van der Waals surface area contributed by atoms with Crippen LogP contribution in [0.2, 0.25) is 0 Å². The summed E-state index contributed by atoms with van der Waals surface area (Å²) in [5.74, 6) is -0.145. The second-order valence-corrected chi connectivity index (χ2v) is 6.20. The van der Waals surface area contributed by atoms with Crippen molar-refractivity contribution in [3.8, 4) is 0 Å². The number of cyclic esters (lactones) is 1. The van der Waals surface area contributed by atoms with E-state index in [2.05, 4.69) is 10.2 Å². The number of hydrogen-bond acceptors (Lipinski definition) is 3. The number of aryl methyl sites for hydroxylation is 1. The molecule has 1 saturated heterocycles. The molecule has 1 aromatic carbocycles. The number of carbonyl (C=O) groups is 2. The van der Waals surface area contributed by atoms with Crippen LogP contribution >= 0.6 is 0 Å². The molecule has 2 amide bonds. The van der Waals surface area contributed by atoms with Gasteiger partial charge in [0.25, 0.3) is 5.54 Å². The number of nitrogens with zero attached hydrogens (tertiary/aromatic N) is 2. The van der Waals surface area contributed by atoms with Crippen LogP contribution in [0.25, 0.3) is 4.85 Å². The lowest BCUT2D eigenvalue weighted by atomic mass is 9.99. The summed E-state index contributed by atoms with van der Waals surface area (Å²) in [6.45, 7) is 11.5. The molecule has 1 unspecified atom stereocenters. The van der Waals surface area contributed by atoms with Crippen molar-refractivity contribution in [3.63, 3.8) is 0 Å². The van der Waals surface area contributed by atoms with Gasteiger partial charge in [0, 0.05) is 31.0 Å². The molecule has 0 radical (unpaired) electrons. The van der Waals surface area contributed by atoms with E-state index in [1.54, 1.807) is 4.90 Å². The lowest BCUT2D eigenvalue weighted by Crippen LogP contribution is -2.33. The average Bonchev–Trinajstić information content (AvgIpc) is 3.22. The molecule has 6 nitrogen and oxygen atoms in total. The maximum absolute atomic E-state index is 12.0. The first-order valence-electron chi connectivity index (χ1n) is 7.67. The van der Waals surface area contributed by atoms with Crippen LogP contribution in [0.15, 0.2) is 18.2 Å². The Bertz CT molecular complexity index is 704. The summed E-state index contributed by atoms with van der Waals surface area (Å²) in [6, 6.07) is 5.75.